The maximum Gasteiger partial charge on any atom is 0.238 e. The summed E-state index contributed by atoms with van der Waals surface area (Å²) in [6.07, 6.45) is 3.65. The van der Waals surface area contributed by atoms with Crippen LogP contribution in [0.4, 0.5) is 0 Å². The van der Waals surface area contributed by atoms with Crippen LogP contribution in [0.15, 0.2) is 36.9 Å². The fraction of sp³-hybridized carbons (Fsp3) is 0.400. The van der Waals surface area contributed by atoms with E-state index in [-0.39, 0.29) is 29.8 Å². The van der Waals surface area contributed by atoms with Gasteiger partial charge in [-0.05, 0) is 19.4 Å². The molecule has 1 aliphatic rings. The first-order valence-electron chi connectivity index (χ1n) is 7.55. The molecule has 2 heterocycles. The average molecular weight is 316 g/mol. The number of nitrogens with zero attached hydrogens (tertiary/aromatic N) is 3. The minimum Gasteiger partial charge on any atom is -0.508 e. The van der Waals surface area contributed by atoms with Crippen molar-refractivity contribution < 1.29 is 9.90 Å². The third-order valence-electron chi connectivity index (χ3n) is 3.85. The monoisotopic (exact) mass is 316 g/mol. The molecule has 0 saturated carbocycles. The molecule has 1 aromatic heterocycles. The highest BCUT2D eigenvalue weighted by atomic mass is 16.3. The zero-order valence-corrected chi connectivity index (χ0v) is 12.8. The van der Waals surface area contributed by atoms with Crippen molar-refractivity contribution in [2.24, 2.45) is 0 Å². The van der Waals surface area contributed by atoms with Gasteiger partial charge in [0.15, 0.2) is 0 Å². The van der Waals surface area contributed by atoms with Gasteiger partial charge in [0.2, 0.25) is 5.91 Å². The quantitative estimate of drug-likeness (QED) is 0.623. The Bertz CT molecular complexity index is 660. The standard InChI is InChI=1S/C15H20N6O2/c1-10(7-21-9-16-8-17-21)18-15(23)13-6-12(19-20-13)11-4-2-3-5-14(11)22/h2-5,8-10,12-13,19-20,22H,6-7H2,1H3,(H,18,23). The highest BCUT2D eigenvalue weighted by Crippen LogP contribution is 2.29. The summed E-state index contributed by atoms with van der Waals surface area (Å²) in [5, 5.41) is 16.9. The van der Waals surface area contributed by atoms with Crippen molar-refractivity contribution in [1.29, 1.82) is 0 Å². The molecule has 1 amide bonds. The summed E-state index contributed by atoms with van der Waals surface area (Å²) in [6.45, 7) is 2.48. The van der Waals surface area contributed by atoms with Gasteiger partial charge in [0.05, 0.1) is 12.6 Å². The van der Waals surface area contributed by atoms with Crippen LogP contribution in [0.5, 0.6) is 5.75 Å². The summed E-state index contributed by atoms with van der Waals surface area (Å²) in [7, 11) is 0. The SMILES string of the molecule is CC(Cn1cncn1)NC(=O)C1CC(c2ccccc2O)NN1. The van der Waals surface area contributed by atoms with Gasteiger partial charge in [-0.25, -0.2) is 15.8 Å². The van der Waals surface area contributed by atoms with Crippen LogP contribution in [0.3, 0.4) is 0 Å². The van der Waals surface area contributed by atoms with Crippen LogP contribution in [0.25, 0.3) is 0 Å². The lowest BCUT2D eigenvalue weighted by Gasteiger charge is -2.16. The van der Waals surface area contributed by atoms with Crippen LogP contribution in [0.2, 0.25) is 0 Å². The van der Waals surface area contributed by atoms with Gasteiger partial charge in [-0.2, -0.15) is 5.10 Å². The number of phenols is 1. The molecular formula is C15H20N6O2. The van der Waals surface area contributed by atoms with Gasteiger partial charge in [0.1, 0.15) is 24.4 Å². The highest BCUT2D eigenvalue weighted by molar-refractivity contribution is 5.82. The molecule has 3 atom stereocenters. The van der Waals surface area contributed by atoms with Gasteiger partial charge in [0, 0.05) is 11.6 Å². The van der Waals surface area contributed by atoms with Crippen molar-refractivity contribution in [1.82, 2.24) is 30.9 Å². The third kappa shape index (κ3) is 3.66. The highest BCUT2D eigenvalue weighted by Gasteiger charge is 2.31. The summed E-state index contributed by atoms with van der Waals surface area (Å²) in [5.74, 6) is 0.149. The number of hydrazine groups is 1. The molecule has 4 N–H and O–H groups in total. The predicted molar refractivity (Wildman–Crippen MR) is 83.2 cm³/mol. The van der Waals surface area contributed by atoms with Crippen LogP contribution >= 0.6 is 0 Å². The van der Waals surface area contributed by atoms with Crippen LogP contribution in [0.1, 0.15) is 24.9 Å². The number of carbonyl (C=O) groups excluding carboxylic acids is 1. The van der Waals surface area contributed by atoms with Crippen molar-refractivity contribution in [3.63, 3.8) is 0 Å². The molecule has 0 spiro atoms. The van der Waals surface area contributed by atoms with E-state index in [1.54, 1.807) is 23.1 Å². The number of aromatic nitrogens is 3. The largest absolute Gasteiger partial charge is 0.508 e. The first kappa shape index (κ1) is 15.4. The Kier molecular flexibility index (Phi) is 4.54. The first-order chi connectivity index (χ1) is 11.1. The second kappa shape index (κ2) is 6.76. The summed E-state index contributed by atoms with van der Waals surface area (Å²) >= 11 is 0. The summed E-state index contributed by atoms with van der Waals surface area (Å²) in [4.78, 5) is 16.2. The lowest BCUT2D eigenvalue weighted by molar-refractivity contribution is -0.123. The Balaban J connectivity index is 1.54. The predicted octanol–water partition coefficient (Wildman–Crippen LogP) is 0.0962. The lowest BCUT2D eigenvalue weighted by atomic mass is 10.0. The Labute approximate surface area is 133 Å². The van der Waals surface area contributed by atoms with Gasteiger partial charge in [-0.1, -0.05) is 18.2 Å². The summed E-state index contributed by atoms with van der Waals surface area (Å²) in [5.41, 5.74) is 6.84. The van der Waals surface area contributed by atoms with Gasteiger partial charge in [0.25, 0.3) is 0 Å². The molecule has 1 fully saturated rings. The third-order valence-corrected chi connectivity index (χ3v) is 3.85. The molecular weight excluding hydrogens is 296 g/mol. The number of rotatable bonds is 5. The molecule has 1 saturated heterocycles. The zero-order valence-electron chi connectivity index (χ0n) is 12.8. The van der Waals surface area contributed by atoms with Gasteiger partial charge < -0.3 is 10.4 Å². The molecule has 1 aromatic carbocycles. The van der Waals surface area contributed by atoms with Gasteiger partial charge in [-0.3, -0.25) is 9.48 Å². The normalized spacial score (nSPS) is 22.0. The number of amides is 1. The van der Waals surface area contributed by atoms with Crippen molar-refractivity contribution in [2.45, 2.75) is 38.0 Å². The molecule has 2 aromatic rings. The summed E-state index contributed by atoms with van der Waals surface area (Å²) in [6, 6.07) is 6.62. The van der Waals surface area contributed by atoms with Crippen LogP contribution in [0, 0.1) is 0 Å². The fourth-order valence-electron chi connectivity index (χ4n) is 2.71. The fourth-order valence-corrected chi connectivity index (χ4v) is 2.71. The van der Waals surface area contributed by atoms with Crippen molar-refractivity contribution in [2.75, 3.05) is 0 Å². The Morgan fingerprint density at radius 1 is 1.48 bits per heavy atom. The van der Waals surface area contributed by atoms with E-state index in [1.807, 2.05) is 19.1 Å². The lowest BCUT2D eigenvalue weighted by Crippen LogP contribution is -2.47. The molecule has 0 bridgehead atoms. The van der Waals surface area contributed by atoms with E-state index < -0.39 is 0 Å². The molecule has 0 aliphatic carbocycles. The summed E-state index contributed by atoms with van der Waals surface area (Å²) < 4.78 is 1.68. The number of phenolic OH excluding ortho intramolecular Hbond substituents is 1. The van der Waals surface area contributed by atoms with E-state index in [0.717, 1.165) is 5.56 Å². The van der Waals surface area contributed by atoms with Crippen LogP contribution in [-0.2, 0) is 11.3 Å². The maximum absolute atomic E-state index is 12.3. The molecule has 3 unspecified atom stereocenters. The minimum atomic E-state index is -0.349. The van der Waals surface area contributed by atoms with Crippen molar-refractivity contribution >= 4 is 5.91 Å². The number of benzene rings is 1. The molecule has 8 heteroatoms. The minimum absolute atomic E-state index is 0.0600. The Morgan fingerprint density at radius 2 is 2.30 bits per heavy atom. The maximum atomic E-state index is 12.3. The molecule has 122 valence electrons. The number of aromatic hydroxyl groups is 1. The van der Waals surface area contributed by atoms with E-state index in [2.05, 4.69) is 26.3 Å². The first-order valence-corrected chi connectivity index (χ1v) is 7.55. The smallest absolute Gasteiger partial charge is 0.238 e. The average Bonchev–Trinajstić information content (AvgIpc) is 3.19. The number of hydrogen-bond donors (Lipinski definition) is 4. The topological polar surface area (TPSA) is 104 Å². The van der Waals surface area contributed by atoms with Crippen molar-refractivity contribution in [3.05, 3.63) is 42.5 Å². The van der Waals surface area contributed by atoms with Crippen LogP contribution in [-0.4, -0.2) is 37.9 Å². The molecule has 8 nitrogen and oxygen atoms in total. The number of nitrogens with one attached hydrogen (secondary N) is 3. The Morgan fingerprint density at radius 3 is 3.04 bits per heavy atom. The zero-order chi connectivity index (χ0) is 16.2. The van der Waals surface area contributed by atoms with Gasteiger partial charge >= 0.3 is 0 Å². The van der Waals surface area contributed by atoms with Crippen molar-refractivity contribution in [3.8, 4) is 5.75 Å². The van der Waals surface area contributed by atoms with E-state index in [4.69, 9.17) is 0 Å². The second-order valence-corrected chi connectivity index (χ2v) is 5.72. The number of carbonyl (C=O) groups is 1. The van der Waals surface area contributed by atoms with E-state index in [0.29, 0.717) is 13.0 Å². The van der Waals surface area contributed by atoms with E-state index in [1.165, 1.54) is 6.33 Å². The van der Waals surface area contributed by atoms with Crippen LogP contribution < -0.4 is 16.2 Å². The number of para-hydroxylation sites is 1. The molecule has 3 rings (SSSR count). The van der Waals surface area contributed by atoms with E-state index >= 15 is 0 Å². The molecule has 1 aliphatic heterocycles. The van der Waals surface area contributed by atoms with E-state index in [9.17, 15) is 9.90 Å². The molecule has 23 heavy (non-hydrogen) atoms. The molecule has 0 radical (unpaired) electrons. The van der Waals surface area contributed by atoms with Gasteiger partial charge in [-0.15, -0.1) is 0 Å². The Hall–Kier alpha value is -2.45. The second-order valence-electron chi connectivity index (χ2n) is 5.72. The number of hydrogen-bond acceptors (Lipinski definition) is 6.